The molecule has 0 spiro atoms. The van der Waals surface area contributed by atoms with E-state index in [1.807, 2.05) is 30.3 Å². The van der Waals surface area contributed by atoms with E-state index < -0.39 is 11.7 Å². The fraction of sp³-hybridized carbons (Fsp3) is 0.231. The second-order valence-corrected chi connectivity index (χ2v) is 4.13. The van der Waals surface area contributed by atoms with Gasteiger partial charge < -0.3 is 0 Å². The zero-order valence-electron chi connectivity index (χ0n) is 10.1. The van der Waals surface area contributed by atoms with Crippen molar-refractivity contribution in [3.05, 3.63) is 41.5 Å². The highest BCUT2D eigenvalue weighted by Crippen LogP contribution is 2.30. The SMILES string of the molecule is CC1=C(c2ccccc2)N(N(C)C)C(=O)C1=O. The van der Waals surface area contributed by atoms with Crippen molar-refractivity contribution in [2.24, 2.45) is 0 Å². The Balaban J connectivity index is 2.56. The number of hydrogen-bond acceptors (Lipinski definition) is 3. The topological polar surface area (TPSA) is 40.6 Å². The Bertz CT molecular complexity index is 503. The second-order valence-electron chi connectivity index (χ2n) is 4.13. The van der Waals surface area contributed by atoms with E-state index in [4.69, 9.17) is 0 Å². The summed E-state index contributed by atoms with van der Waals surface area (Å²) in [5, 5.41) is 3.03. The molecular weight excluding hydrogens is 216 g/mol. The van der Waals surface area contributed by atoms with Gasteiger partial charge in [0.25, 0.3) is 0 Å². The predicted octanol–water partition coefficient (Wildman–Crippen LogP) is 1.31. The van der Waals surface area contributed by atoms with E-state index in [0.29, 0.717) is 11.3 Å². The van der Waals surface area contributed by atoms with Crippen LogP contribution in [0, 0.1) is 0 Å². The average Bonchev–Trinajstić information content (AvgIpc) is 2.55. The number of nitrogens with zero attached hydrogens (tertiary/aromatic N) is 2. The molecule has 1 aliphatic rings. The Labute approximate surface area is 100 Å². The van der Waals surface area contributed by atoms with Crippen molar-refractivity contribution in [3.8, 4) is 0 Å². The molecule has 17 heavy (non-hydrogen) atoms. The van der Waals surface area contributed by atoms with Crippen molar-refractivity contribution in [3.63, 3.8) is 0 Å². The smallest absolute Gasteiger partial charge is 0.283 e. The van der Waals surface area contributed by atoms with Crippen LogP contribution in [-0.4, -0.2) is 35.8 Å². The van der Waals surface area contributed by atoms with Gasteiger partial charge in [-0.2, -0.15) is 0 Å². The van der Waals surface area contributed by atoms with Crippen LogP contribution in [0.1, 0.15) is 12.5 Å². The van der Waals surface area contributed by atoms with Crippen LogP contribution in [0.25, 0.3) is 5.70 Å². The summed E-state index contributed by atoms with van der Waals surface area (Å²) in [5.74, 6) is -0.927. The minimum Gasteiger partial charge on any atom is -0.283 e. The van der Waals surface area contributed by atoms with Gasteiger partial charge in [-0.3, -0.25) is 9.59 Å². The number of hydrazine groups is 1. The van der Waals surface area contributed by atoms with E-state index in [2.05, 4.69) is 0 Å². The fourth-order valence-corrected chi connectivity index (χ4v) is 1.94. The molecule has 0 fully saturated rings. The van der Waals surface area contributed by atoms with Crippen LogP contribution < -0.4 is 0 Å². The molecule has 0 aliphatic carbocycles. The molecule has 4 nitrogen and oxygen atoms in total. The molecular formula is C13H14N2O2. The fourth-order valence-electron chi connectivity index (χ4n) is 1.94. The molecule has 1 aliphatic heterocycles. The standard InChI is InChI=1S/C13H14N2O2/c1-9-11(10-7-5-4-6-8-10)15(14(2)3)13(17)12(9)16/h4-8H,1-3H3. The predicted molar refractivity (Wildman–Crippen MR) is 64.6 cm³/mol. The number of hydrogen-bond donors (Lipinski definition) is 0. The van der Waals surface area contributed by atoms with Crippen LogP contribution in [0.5, 0.6) is 0 Å². The first kappa shape index (κ1) is 11.5. The molecule has 88 valence electrons. The summed E-state index contributed by atoms with van der Waals surface area (Å²) in [6.07, 6.45) is 0. The highest BCUT2D eigenvalue weighted by molar-refractivity contribution is 6.48. The number of carbonyl (C=O) groups is 2. The highest BCUT2D eigenvalue weighted by Gasteiger charge is 2.37. The van der Waals surface area contributed by atoms with Crippen molar-refractivity contribution in [1.29, 1.82) is 0 Å². The Morgan fingerprint density at radius 2 is 1.65 bits per heavy atom. The first-order valence-corrected chi connectivity index (χ1v) is 5.36. The Kier molecular flexibility index (Phi) is 2.81. The van der Waals surface area contributed by atoms with Gasteiger partial charge in [0.15, 0.2) is 0 Å². The van der Waals surface area contributed by atoms with Gasteiger partial charge in [-0.05, 0) is 6.92 Å². The molecule has 2 rings (SSSR count). The molecule has 0 saturated heterocycles. The number of amides is 1. The molecule has 0 unspecified atom stereocenters. The maximum Gasteiger partial charge on any atom is 0.313 e. The van der Waals surface area contributed by atoms with Gasteiger partial charge in [-0.25, -0.2) is 10.0 Å². The van der Waals surface area contributed by atoms with E-state index in [-0.39, 0.29) is 0 Å². The quantitative estimate of drug-likeness (QED) is 0.719. The molecule has 0 N–H and O–H groups in total. The first-order valence-electron chi connectivity index (χ1n) is 5.36. The van der Waals surface area contributed by atoms with Crippen LogP contribution in [0.4, 0.5) is 0 Å². The second kappa shape index (κ2) is 4.14. The Morgan fingerprint density at radius 1 is 1.06 bits per heavy atom. The van der Waals surface area contributed by atoms with E-state index in [0.717, 1.165) is 5.56 Å². The lowest BCUT2D eigenvalue weighted by Gasteiger charge is -2.26. The van der Waals surface area contributed by atoms with Gasteiger partial charge in [0.2, 0.25) is 5.78 Å². The third-order valence-corrected chi connectivity index (χ3v) is 2.74. The van der Waals surface area contributed by atoms with Gasteiger partial charge in [-0.1, -0.05) is 30.3 Å². The van der Waals surface area contributed by atoms with Crippen LogP contribution in [-0.2, 0) is 9.59 Å². The largest absolute Gasteiger partial charge is 0.313 e. The zero-order chi connectivity index (χ0) is 12.6. The zero-order valence-corrected chi connectivity index (χ0v) is 10.1. The molecule has 0 bridgehead atoms. The lowest BCUT2D eigenvalue weighted by molar-refractivity contribution is -0.145. The van der Waals surface area contributed by atoms with Crippen molar-refractivity contribution < 1.29 is 9.59 Å². The summed E-state index contributed by atoms with van der Waals surface area (Å²) < 4.78 is 0. The van der Waals surface area contributed by atoms with Gasteiger partial charge >= 0.3 is 5.91 Å². The number of carbonyl (C=O) groups excluding carboxylic acids is 2. The summed E-state index contributed by atoms with van der Waals surface area (Å²) in [6, 6.07) is 9.45. The molecule has 1 amide bonds. The van der Waals surface area contributed by atoms with E-state index in [1.54, 1.807) is 26.0 Å². The van der Waals surface area contributed by atoms with Crippen LogP contribution in [0.15, 0.2) is 35.9 Å². The lowest BCUT2D eigenvalue weighted by Crippen LogP contribution is -2.39. The average molecular weight is 230 g/mol. The van der Waals surface area contributed by atoms with Gasteiger partial charge in [0.1, 0.15) is 0 Å². The maximum atomic E-state index is 11.8. The normalized spacial score (nSPS) is 16.4. The van der Waals surface area contributed by atoms with Crippen LogP contribution >= 0.6 is 0 Å². The highest BCUT2D eigenvalue weighted by atomic mass is 16.2. The lowest BCUT2D eigenvalue weighted by atomic mass is 10.1. The number of benzene rings is 1. The summed E-state index contributed by atoms with van der Waals surface area (Å²) in [6.45, 7) is 1.69. The Morgan fingerprint density at radius 3 is 2.18 bits per heavy atom. The number of rotatable bonds is 2. The Hall–Kier alpha value is -1.94. The summed E-state index contributed by atoms with van der Waals surface area (Å²) in [4.78, 5) is 23.6. The third-order valence-electron chi connectivity index (χ3n) is 2.74. The van der Waals surface area contributed by atoms with Gasteiger partial charge in [-0.15, -0.1) is 0 Å². The molecule has 1 aromatic rings. The van der Waals surface area contributed by atoms with Gasteiger partial charge in [0, 0.05) is 25.2 Å². The van der Waals surface area contributed by atoms with Crippen LogP contribution in [0.2, 0.25) is 0 Å². The summed E-state index contributed by atoms with van der Waals surface area (Å²) >= 11 is 0. The van der Waals surface area contributed by atoms with Crippen molar-refractivity contribution >= 4 is 17.4 Å². The minimum atomic E-state index is -0.494. The first-order chi connectivity index (χ1) is 8.04. The van der Waals surface area contributed by atoms with Crippen molar-refractivity contribution in [1.82, 2.24) is 10.0 Å². The van der Waals surface area contributed by atoms with E-state index >= 15 is 0 Å². The maximum absolute atomic E-state index is 11.8. The third kappa shape index (κ3) is 1.76. The van der Waals surface area contributed by atoms with Gasteiger partial charge in [0.05, 0.1) is 5.70 Å². The molecule has 1 heterocycles. The molecule has 0 aromatic heterocycles. The van der Waals surface area contributed by atoms with Crippen molar-refractivity contribution in [2.75, 3.05) is 14.1 Å². The molecule has 0 radical (unpaired) electrons. The monoisotopic (exact) mass is 230 g/mol. The van der Waals surface area contributed by atoms with Crippen LogP contribution in [0.3, 0.4) is 0 Å². The summed E-state index contributed by atoms with van der Waals surface area (Å²) in [7, 11) is 3.49. The number of Topliss-reactive ketones (excluding diaryl/α,β-unsaturated/α-hetero) is 1. The number of ketones is 1. The minimum absolute atomic E-state index is 0.433. The van der Waals surface area contributed by atoms with E-state index in [1.165, 1.54) is 5.01 Å². The van der Waals surface area contributed by atoms with E-state index in [9.17, 15) is 9.59 Å². The molecule has 0 saturated carbocycles. The molecule has 4 heteroatoms. The summed E-state index contributed by atoms with van der Waals surface area (Å²) in [5.41, 5.74) is 2.04. The molecule has 0 atom stereocenters. The molecule has 1 aromatic carbocycles. The van der Waals surface area contributed by atoms with Crippen molar-refractivity contribution in [2.45, 2.75) is 6.92 Å².